The predicted octanol–water partition coefficient (Wildman–Crippen LogP) is 23.0. The quantitative estimate of drug-likeness (QED) is 0.0371. The third-order valence-corrected chi connectivity index (χ3v) is 30.9. The molecule has 0 saturated carbocycles. The number of hydrogen-bond donors (Lipinski definition) is 3. The van der Waals surface area contributed by atoms with Crippen LogP contribution in [0.1, 0.15) is 192 Å². The minimum Gasteiger partial charge on any atom is -0.486 e. The lowest BCUT2D eigenvalue weighted by Gasteiger charge is -2.50. The van der Waals surface area contributed by atoms with Crippen molar-refractivity contribution in [3.63, 3.8) is 0 Å². The number of ether oxygens (including phenoxy) is 1. The lowest BCUT2D eigenvalue weighted by atomic mass is 9.89. The van der Waals surface area contributed by atoms with E-state index in [-0.39, 0.29) is 210 Å². The highest BCUT2D eigenvalue weighted by molar-refractivity contribution is 6.43. The number of nitrogen functional groups attached to an aromatic ring is 3. The maximum Gasteiger partial charge on any atom is 0.300 e. The minimum atomic E-state index is -1.06. The fourth-order valence-corrected chi connectivity index (χ4v) is 23.5. The first-order valence-corrected chi connectivity index (χ1v) is 51.0. The van der Waals surface area contributed by atoms with Gasteiger partial charge in [0.15, 0.2) is 17.5 Å². The van der Waals surface area contributed by atoms with Crippen molar-refractivity contribution in [3.8, 4) is 56.2 Å². The van der Waals surface area contributed by atoms with Gasteiger partial charge in [-0.3, -0.25) is 47.3 Å². The second-order valence-electron chi connectivity index (χ2n) is 39.2. The summed E-state index contributed by atoms with van der Waals surface area (Å²) in [7, 11) is 1.46. The van der Waals surface area contributed by atoms with E-state index in [1.165, 1.54) is 79.9 Å². The van der Waals surface area contributed by atoms with Gasteiger partial charge in [-0.15, -0.1) is 0 Å². The lowest BCUT2D eigenvalue weighted by molar-refractivity contribution is -0.131. The second-order valence-corrected chi connectivity index (χ2v) is 42.8. The van der Waals surface area contributed by atoms with Gasteiger partial charge < -0.3 is 56.2 Å². The third-order valence-electron chi connectivity index (χ3n) is 28.0. The first-order valence-electron chi connectivity index (χ1n) is 47.6. The number of aromatic nitrogens is 9. The van der Waals surface area contributed by atoms with E-state index in [9.17, 15) is 24.0 Å². The van der Waals surface area contributed by atoms with Crippen molar-refractivity contribution in [1.29, 1.82) is 0 Å². The number of carbonyl (C=O) groups excluding carboxylic acids is 4. The van der Waals surface area contributed by atoms with Gasteiger partial charge in [0.05, 0.1) is 166 Å². The van der Waals surface area contributed by atoms with Crippen molar-refractivity contribution in [2.45, 2.75) is 195 Å². The normalized spacial score (nSPS) is 17.6. The number of pyridine rings is 3. The largest absolute Gasteiger partial charge is 0.486 e. The molecular formula is C105H104Cl9F6N19O8. The average Bonchev–Trinajstić information content (AvgIpc) is 1.08. The summed E-state index contributed by atoms with van der Waals surface area (Å²) in [6.45, 7) is 41.2. The Kier molecular flexibility index (Phi) is 30.5. The van der Waals surface area contributed by atoms with Gasteiger partial charge in [0, 0.05) is 125 Å². The summed E-state index contributed by atoms with van der Waals surface area (Å²) < 4.78 is 108. The molecule has 12 heterocycles. The van der Waals surface area contributed by atoms with E-state index in [1.807, 2.05) is 102 Å². The summed E-state index contributed by atoms with van der Waals surface area (Å²) in [6, 6.07) is 4.63. The molecule has 27 nitrogen and oxygen atoms in total. The number of anilines is 7. The molecule has 6 N–H and O–H groups in total. The van der Waals surface area contributed by atoms with Crippen LogP contribution in [0.5, 0.6) is 5.75 Å². The van der Waals surface area contributed by atoms with Crippen LogP contribution in [0.2, 0.25) is 45.2 Å². The van der Waals surface area contributed by atoms with Crippen LogP contribution in [0.4, 0.5) is 66.2 Å². The zero-order valence-electron chi connectivity index (χ0n) is 82.9. The molecule has 4 amide bonds. The molecule has 0 spiro atoms. The fraction of sp³-hybridized carbons (Fsp3) is 0.362. The average molecular weight is 2190 g/mol. The van der Waals surface area contributed by atoms with Crippen LogP contribution >= 0.6 is 104 Å². The highest BCUT2D eigenvalue weighted by Crippen LogP contribution is 2.56. The Bertz CT molecular complexity index is 7660. The van der Waals surface area contributed by atoms with Crippen LogP contribution in [0, 0.1) is 34.9 Å². The molecular weight excluding hydrogens is 2090 g/mol. The van der Waals surface area contributed by atoms with Gasteiger partial charge >= 0.3 is 0 Å². The van der Waals surface area contributed by atoms with Crippen LogP contribution in [-0.2, 0) is 25.6 Å². The van der Waals surface area contributed by atoms with Crippen molar-refractivity contribution in [3.05, 3.63) is 244 Å². The Morgan fingerprint density at radius 1 is 0.388 bits per heavy atom. The smallest absolute Gasteiger partial charge is 0.300 e. The molecule has 0 bridgehead atoms. The van der Waals surface area contributed by atoms with E-state index in [0.717, 1.165) is 24.3 Å². The Hall–Kier alpha value is -11.9. The number of fused-ring (bicyclic) bond motifs is 15. The molecule has 0 radical (unpaired) electrons. The summed E-state index contributed by atoms with van der Waals surface area (Å²) in [6.07, 6.45) is 9.45. The molecule has 6 aromatic carbocycles. The summed E-state index contributed by atoms with van der Waals surface area (Å²) >= 11 is 59.0. The SMILES string of the molecule is C=CC(=O)N1CC2C(=O)N(C)c3c(c4cc(F)c(-c5c(N)c(Cl)cc(Cl)c5F)c(Cl)c4n(-c4c(C(C)C)ncnc4C(C)C)c3=O)N2CC1C.C=CC(=O)N1CC2CCOc3c(c4cc(F)c(-c5c(N)c(Cl)cc(Cl)c5F)c(Cl)c4n(-c4c(C(C)C)ncnc4C(C)C)c3=O)N2CC1C.C=CC(=O)N1CC2CCc3c(c4cc(F)c(-c5c(N)c(Cl)cc(Cl)c5F)c(Cl)c4n(-c4c(C(C)C)ncnc4C(C)C)c3=O)N2CC1C. The van der Waals surface area contributed by atoms with Gasteiger partial charge in [-0.2, -0.15) is 0 Å². The van der Waals surface area contributed by atoms with Crippen LogP contribution in [0.25, 0.3) is 83.2 Å². The summed E-state index contributed by atoms with van der Waals surface area (Å²) in [5, 5.41) is -1.69. The van der Waals surface area contributed by atoms with E-state index in [1.54, 1.807) is 21.6 Å². The lowest BCUT2D eigenvalue weighted by Crippen LogP contribution is -2.66. The minimum absolute atomic E-state index is 0.000867. The molecule has 6 atom stereocenters. The van der Waals surface area contributed by atoms with Gasteiger partial charge in [0.25, 0.3) is 22.6 Å². The summed E-state index contributed by atoms with van der Waals surface area (Å²) in [4.78, 5) is 137. The van der Waals surface area contributed by atoms with Gasteiger partial charge in [0.1, 0.15) is 48.2 Å². The van der Waals surface area contributed by atoms with Gasteiger partial charge in [0.2, 0.25) is 23.5 Å². The van der Waals surface area contributed by atoms with Crippen LogP contribution in [-0.4, -0.2) is 171 Å². The Morgan fingerprint density at radius 3 is 1.04 bits per heavy atom. The van der Waals surface area contributed by atoms with Crippen molar-refractivity contribution >= 4 is 201 Å². The van der Waals surface area contributed by atoms with E-state index < -0.39 is 96.9 Å². The number of halogens is 15. The number of carbonyl (C=O) groups is 4. The van der Waals surface area contributed by atoms with Crippen LogP contribution < -0.4 is 58.2 Å². The number of likely N-dealkylation sites (N-methyl/N-ethyl adjacent to an activating group) is 1. The van der Waals surface area contributed by atoms with E-state index >= 15 is 35.9 Å². The molecule has 147 heavy (non-hydrogen) atoms. The number of piperazine rings is 3. The molecule has 6 unspecified atom stereocenters. The van der Waals surface area contributed by atoms with E-state index in [0.29, 0.717) is 119 Å². The number of rotatable bonds is 15. The van der Waals surface area contributed by atoms with Crippen molar-refractivity contribution < 1.29 is 50.3 Å². The highest BCUT2D eigenvalue weighted by Gasteiger charge is 2.49. The molecule has 6 aliphatic rings. The fourth-order valence-electron chi connectivity index (χ4n) is 21.0. The second kappa shape index (κ2) is 41.5. The van der Waals surface area contributed by atoms with Gasteiger partial charge in [-0.1, -0.05) is 207 Å². The maximum absolute atomic E-state index is 16.7. The first kappa shape index (κ1) is 108. The topological polar surface area (TPSA) is 322 Å². The number of hydrogen-bond acceptors (Lipinski definition) is 20. The van der Waals surface area contributed by atoms with Gasteiger partial charge in [-0.25, -0.2) is 56.2 Å². The molecule has 18 rings (SSSR count). The molecule has 12 aromatic rings. The van der Waals surface area contributed by atoms with Gasteiger partial charge in [-0.05, 0) is 124 Å². The first-order chi connectivity index (χ1) is 69.4. The molecule has 0 aliphatic carbocycles. The molecule has 3 saturated heterocycles. The molecule has 3 fully saturated rings. The molecule has 772 valence electrons. The number of amides is 4. The Balaban J connectivity index is 0.000000158. The van der Waals surface area contributed by atoms with E-state index in [2.05, 4.69) is 54.5 Å². The zero-order valence-corrected chi connectivity index (χ0v) is 89.7. The zero-order chi connectivity index (χ0) is 107. The Labute approximate surface area is 887 Å². The summed E-state index contributed by atoms with van der Waals surface area (Å²) in [5.41, 5.74) is 19.7. The van der Waals surface area contributed by atoms with E-state index in [4.69, 9.17) is 126 Å². The van der Waals surface area contributed by atoms with Crippen molar-refractivity contribution in [2.75, 3.05) is 89.7 Å². The molecule has 42 heteroatoms. The standard InChI is InChI=1S/C35H34Cl3F2N7O3.C35H35Cl3F2N6O3.C35H35Cl3F2N6O2/c1-8-22(48)45-12-21-34(49)44(7)33-31(46(21)11-16(45)6)17-9-20(39)23(24-26(40)18(36)10-19(37)27(24)41)25(38)30(17)47(35(33)50)32-28(14(2)3)42-13-43-29(32)15(4)5;1-7-23(47)44-13-18-8-9-49-34-32(45(18)12-17(44)6)19-10-22(39)24(25-27(40)20(36)11-21(37)28(25)41)26(38)31(19)46(35(34)48)33-29(15(2)3)42-14-43-30(33)16(4)5;1-7-24(47)44-13-18-8-9-19-32(45(18)12-17(44)6)20-10-23(39)25(26-28(40)21(36)11-22(37)29(26)41)27(38)33(20)46(35(19)48)34-30(15(2)3)42-14-43-31(34)16(4)5/h8-10,13-16,21H,1,11-12,41H2,2-7H3;7,10-11,14-18H,1,8-9,12-13,41H2,2-6H3;7,10-11,14-18H,1,8-9,12-13,41H2,2-6H3. The Morgan fingerprint density at radius 2 is 0.694 bits per heavy atom. The highest BCUT2D eigenvalue weighted by atomic mass is 35.5. The number of nitrogens with zero attached hydrogens (tertiary/aromatic N) is 16. The van der Waals surface area contributed by atoms with Crippen LogP contribution in [0.3, 0.4) is 0 Å². The van der Waals surface area contributed by atoms with Crippen LogP contribution in [0.15, 0.2) is 108 Å². The maximum atomic E-state index is 16.7. The monoisotopic (exact) mass is 2190 g/mol. The van der Waals surface area contributed by atoms with Crippen molar-refractivity contribution in [2.24, 2.45) is 0 Å². The third kappa shape index (κ3) is 18.1. The predicted molar refractivity (Wildman–Crippen MR) is 574 cm³/mol. The number of nitrogens with two attached hydrogens (primary N) is 3. The molecule has 6 aromatic heterocycles. The number of benzene rings is 6. The molecule has 6 aliphatic heterocycles. The summed E-state index contributed by atoms with van der Waals surface area (Å²) in [5.74, 6) is -8.22. The van der Waals surface area contributed by atoms with Crippen molar-refractivity contribution in [1.82, 2.24) is 58.3 Å².